The number of hydrogen-bond donors (Lipinski definition) is 1. The monoisotopic (exact) mass is 281 g/mol. The summed E-state index contributed by atoms with van der Waals surface area (Å²) in [6.45, 7) is 7.50. The highest BCUT2D eigenvalue weighted by molar-refractivity contribution is 5.70. The SMILES string of the molecule is CCNC(C)c1ccc(N2c3ccccc3CC2C)cn1. The third-order valence-electron chi connectivity index (χ3n) is 4.21. The fourth-order valence-electron chi connectivity index (χ4n) is 3.17. The summed E-state index contributed by atoms with van der Waals surface area (Å²) < 4.78 is 0. The van der Waals surface area contributed by atoms with Gasteiger partial charge in [0.15, 0.2) is 0 Å². The molecule has 1 aliphatic rings. The van der Waals surface area contributed by atoms with E-state index in [1.165, 1.54) is 16.9 Å². The van der Waals surface area contributed by atoms with E-state index in [9.17, 15) is 0 Å². The first kappa shape index (κ1) is 14.1. The summed E-state index contributed by atoms with van der Waals surface area (Å²) in [5.41, 5.74) is 5.02. The average molecular weight is 281 g/mol. The van der Waals surface area contributed by atoms with Crippen LogP contribution in [0.4, 0.5) is 11.4 Å². The van der Waals surface area contributed by atoms with Crippen LogP contribution in [-0.4, -0.2) is 17.6 Å². The van der Waals surface area contributed by atoms with E-state index >= 15 is 0 Å². The fraction of sp³-hybridized carbons (Fsp3) is 0.389. The highest BCUT2D eigenvalue weighted by Gasteiger charge is 2.26. The summed E-state index contributed by atoms with van der Waals surface area (Å²) >= 11 is 0. The normalized spacial score (nSPS) is 18.6. The second kappa shape index (κ2) is 5.86. The Hall–Kier alpha value is -1.87. The van der Waals surface area contributed by atoms with Gasteiger partial charge in [-0.15, -0.1) is 0 Å². The van der Waals surface area contributed by atoms with Gasteiger partial charge >= 0.3 is 0 Å². The van der Waals surface area contributed by atoms with Gasteiger partial charge in [-0.1, -0.05) is 25.1 Å². The second-order valence-corrected chi connectivity index (χ2v) is 5.77. The van der Waals surface area contributed by atoms with Crippen molar-refractivity contribution in [1.29, 1.82) is 0 Å². The number of para-hydroxylation sites is 1. The molecular weight excluding hydrogens is 258 g/mol. The molecule has 21 heavy (non-hydrogen) atoms. The summed E-state index contributed by atoms with van der Waals surface area (Å²) in [5.74, 6) is 0. The van der Waals surface area contributed by atoms with Crippen molar-refractivity contribution in [1.82, 2.24) is 10.3 Å². The molecular formula is C18H23N3. The smallest absolute Gasteiger partial charge is 0.0600 e. The van der Waals surface area contributed by atoms with Crippen LogP contribution in [0, 0.1) is 0 Å². The van der Waals surface area contributed by atoms with Crippen LogP contribution < -0.4 is 10.2 Å². The van der Waals surface area contributed by atoms with Crippen molar-refractivity contribution < 1.29 is 0 Å². The van der Waals surface area contributed by atoms with Crippen LogP contribution in [0.2, 0.25) is 0 Å². The molecule has 2 aromatic rings. The highest BCUT2D eigenvalue weighted by atomic mass is 15.2. The molecule has 3 heteroatoms. The fourth-order valence-corrected chi connectivity index (χ4v) is 3.17. The summed E-state index contributed by atoms with van der Waals surface area (Å²) in [6.07, 6.45) is 3.10. The lowest BCUT2D eigenvalue weighted by Gasteiger charge is -2.25. The number of benzene rings is 1. The zero-order valence-corrected chi connectivity index (χ0v) is 13.0. The quantitative estimate of drug-likeness (QED) is 0.923. The van der Waals surface area contributed by atoms with Gasteiger partial charge in [-0.25, -0.2) is 0 Å². The topological polar surface area (TPSA) is 28.2 Å². The minimum absolute atomic E-state index is 0.298. The second-order valence-electron chi connectivity index (χ2n) is 5.77. The van der Waals surface area contributed by atoms with Crippen molar-refractivity contribution in [2.75, 3.05) is 11.4 Å². The molecule has 3 rings (SSSR count). The maximum atomic E-state index is 4.65. The summed E-state index contributed by atoms with van der Waals surface area (Å²) in [5, 5.41) is 3.40. The van der Waals surface area contributed by atoms with Crippen LogP contribution in [0.15, 0.2) is 42.6 Å². The van der Waals surface area contributed by atoms with Crippen LogP contribution in [0.3, 0.4) is 0 Å². The number of aromatic nitrogens is 1. The van der Waals surface area contributed by atoms with E-state index in [4.69, 9.17) is 0 Å². The molecule has 3 nitrogen and oxygen atoms in total. The molecule has 0 saturated carbocycles. The number of hydrogen-bond acceptors (Lipinski definition) is 3. The first-order valence-electron chi connectivity index (χ1n) is 7.77. The Labute approximate surface area is 127 Å². The van der Waals surface area contributed by atoms with Gasteiger partial charge in [-0.05, 0) is 50.6 Å². The van der Waals surface area contributed by atoms with Gasteiger partial charge in [0, 0.05) is 17.8 Å². The largest absolute Gasteiger partial charge is 0.337 e. The van der Waals surface area contributed by atoms with Gasteiger partial charge < -0.3 is 10.2 Å². The van der Waals surface area contributed by atoms with E-state index in [-0.39, 0.29) is 0 Å². The number of nitrogens with zero attached hydrogens (tertiary/aromatic N) is 2. The number of rotatable bonds is 4. The number of fused-ring (bicyclic) bond motifs is 1. The van der Waals surface area contributed by atoms with Gasteiger partial charge in [0.1, 0.15) is 0 Å². The number of anilines is 2. The molecule has 0 spiro atoms. The van der Waals surface area contributed by atoms with Crippen molar-refractivity contribution in [3.63, 3.8) is 0 Å². The molecule has 1 N–H and O–H groups in total. The third-order valence-corrected chi connectivity index (χ3v) is 4.21. The Morgan fingerprint density at radius 2 is 2.10 bits per heavy atom. The van der Waals surface area contributed by atoms with Gasteiger partial charge in [-0.3, -0.25) is 4.98 Å². The average Bonchev–Trinajstić information content (AvgIpc) is 2.83. The molecule has 1 aromatic heterocycles. The Kier molecular flexibility index (Phi) is 3.93. The van der Waals surface area contributed by atoms with E-state index in [2.05, 4.69) is 72.4 Å². The Balaban J connectivity index is 1.88. The van der Waals surface area contributed by atoms with E-state index in [1.807, 2.05) is 6.20 Å². The molecule has 0 saturated heterocycles. The maximum absolute atomic E-state index is 4.65. The Morgan fingerprint density at radius 3 is 2.81 bits per heavy atom. The van der Waals surface area contributed by atoms with E-state index in [0.29, 0.717) is 12.1 Å². The molecule has 2 unspecified atom stereocenters. The molecule has 0 fully saturated rings. The van der Waals surface area contributed by atoms with E-state index in [0.717, 1.165) is 18.7 Å². The zero-order chi connectivity index (χ0) is 14.8. The first-order chi connectivity index (χ1) is 10.2. The third kappa shape index (κ3) is 2.66. The zero-order valence-electron chi connectivity index (χ0n) is 13.0. The van der Waals surface area contributed by atoms with Gasteiger partial charge in [-0.2, -0.15) is 0 Å². The minimum atomic E-state index is 0.298. The number of pyridine rings is 1. The lowest BCUT2D eigenvalue weighted by Crippen LogP contribution is -2.24. The van der Waals surface area contributed by atoms with Crippen molar-refractivity contribution in [3.05, 3.63) is 53.9 Å². The van der Waals surface area contributed by atoms with Crippen molar-refractivity contribution >= 4 is 11.4 Å². The van der Waals surface area contributed by atoms with E-state index in [1.54, 1.807) is 0 Å². The van der Waals surface area contributed by atoms with Gasteiger partial charge in [0.05, 0.1) is 17.6 Å². The van der Waals surface area contributed by atoms with E-state index < -0.39 is 0 Å². The lowest BCUT2D eigenvalue weighted by atomic mass is 10.1. The number of nitrogens with one attached hydrogen (secondary N) is 1. The highest BCUT2D eigenvalue weighted by Crippen LogP contribution is 2.37. The molecule has 0 amide bonds. The van der Waals surface area contributed by atoms with Gasteiger partial charge in [0.25, 0.3) is 0 Å². The summed E-state index contributed by atoms with van der Waals surface area (Å²) in [4.78, 5) is 7.04. The molecule has 0 radical (unpaired) electrons. The molecule has 110 valence electrons. The standard InChI is InChI=1S/C18H23N3/c1-4-19-14(3)17-10-9-16(12-20-17)21-13(2)11-15-7-5-6-8-18(15)21/h5-10,12-14,19H,4,11H2,1-3H3. The first-order valence-corrected chi connectivity index (χ1v) is 7.77. The molecule has 0 bridgehead atoms. The maximum Gasteiger partial charge on any atom is 0.0600 e. The van der Waals surface area contributed by atoms with Crippen molar-refractivity contribution in [2.45, 2.75) is 39.3 Å². The van der Waals surface area contributed by atoms with Crippen LogP contribution in [0.25, 0.3) is 0 Å². The van der Waals surface area contributed by atoms with Crippen LogP contribution in [-0.2, 0) is 6.42 Å². The van der Waals surface area contributed by atoms with Crippen molar-refractivity contribution in [3.8, 4) is 0 Å². The van der Waals surface area contributed by atoms with Crippen LogP contribution >= 0.6 is 0 Å². The molecule has 0 aliphatic carbocycles. The Morgan fingerprint density at radius 1 is 1.29 bits per heavy atom. The molecule has 1 aliphatic heterocycles. The minimum Gasteiger partial charge on any atom is -0.337 e. The summed E-state index contributed by atoms with van der Waals surface area (Å²) in [6, 6.07) is 13.8. The van der Waals surface area contributed by atoms with Gasteiger partial charge in [0.2, 0.25) is 0 Å². The predicted molar refractivity (Wildman–Crippen MR) is 88.1 cm³/mol. The lowest BCUT2D eigenvalue weighted by molar-refractivity contribution is 0.583. The molecule has 2 heterocycles. The predicted octanol–water partition coefficient (Wildman–Crippen LogP) is 3.83. The van der Waals surface area contributed by atoms with Crippen molar-refractivity contribution in [2.24, 2.45) is 0 Å². The van der Waals surface area contributed by atoms with Crippen LogP contribution in [0.1, 0.15) is 38.1 Å². The van der Waals surface area contributed by atoms with Crippen LogP contribution in [0.5, 0.6) is 0 Å². The summed E-state index contributed by atoms with van der Waals surface area (Å²) in [7, 11) is 0. The molecule has 1 aromatic carbocycles. The Bertz CT molecular complexity index is 606. The molecule has 2 atom stereocenters.